The number of phenols is 1. The molecule has 0 aliphatic carbocycles. The molecule has 0 fully saturated rings. The Bertz CT molecular complexity index is 1030. The number of aromatic hydroxyl groups is 1. The van der Waals surface area contributed by atoms with E-state index >= 15 is 0 Å². The fourth-order valence-corrected chi connectivity index (χ4v) is 8.93. The van der Waals surface area contributed by atoms with E-state index in [1.807, 2.05) is 12.1 Å². The van der Waals surface area contributed by atoms with Crippen LogP contribution in [0.15, 0.2) is 12.1 Å². The lowest BCUT2D eigenvalue weighted by atomic mass is 9.79. The van der Waals surface area contributed by atoms with Gasteiger partial charge in [0.1, 0.15) is 11.5 Å². The summed E-state index contributed by atoms with van der Waals surface area (Å²) in [4.78, 5) is 0. The average Bonchev–Trinajstić information content (AvgIpc) is 3.14. The highest BCUT2D eigenvalue weighted by Crippen LogP contribution is 2.52. The van der Waals surface area contributed by atoms with Crippen molar-refractivity contribution in [3.8, 4) is 11.5 Å². The Morgan fingerprint density at radius 3 is 0.893 bits per heavy atom. The molecule has 1 aromatic carbocycles. The van der Waals surface area contributed by atoms with Gasteiger partial charge in [-0.25, -0.2) is 4.57 Å². The van der Waals surface area contributed by atoms with Crippen molar-refractivity contribution < 1.29 is 23.2 Å². The van der Waals surface area contributed by atoms with Crippen molar-refractivity contribution in [2.75, 3.05) is 13.2 Å². The van der Waals surface area contributed by atoms with Gasteiger partial charge in [0.25, 0.3) is 0 Å². The van der Waals surface area contributed by atoms with Crippen LogP contribution in [0.5, 0.6) is 11.5 Å². The standard InChI is InChI=1S/C50H95O5P/c1-9-11-13-15-17-19-21-23-25-27-29-31-33-35-37-39-41-53-56(52,55-45-43-46(49(3,4)5)48(51)47(44-45)50(6,7)8)54-42-40-38-36-34-32-30-28-26-24-22-20-18-16-14-12-10-2/h43-44,51H,9-42H2,1-8H3. The molecule has 0 heterocycles. The molecule has 330 valence electrons. The highest BCUT2D eigenvalue weighted by Gasteiger charge is 2.32. The van der Waals surface area contributed by atoms with Crippen molar-refractivity contribution in [1.29, 1.82) is 0 Å². The van der Waals surface area contributed by atoms with Gasteiger partial charge in [-0.2, -0.15) is 0 Å². The first kappa shape index (κ1) is 53.0. The first-order chi connectivity index (χ1) is 26.8. The van der Waals surface area contributed by atoms with Gasteiger partial charge in [-0.05, 0) is 35.8 Å². The van der Waals surface area contributed by atoms with Gasteiger partial charge in [0.15, 0.2) is 0 Å². The van der Waals surface area contributed by atoms with E-state index in [0.717, 1.165) is 36.8 Å². The highest BCUT2D eigenvalue weighted by molar-refractivity contribution is 7.48. The van der Waals surface area contributed by atoms with Gasteiger partial charge < -0.3 is 9.63 Å². The SMILES string of the molecule is CCCCCCCCCCCCCCCCCCOP(=O)(OCCCCCCCCCCCCCCCCCC)Oc1cc(C(C)(C)C)c(O)c(C(C)(C)C)c1. The summed E-state index contributed by atoms with van der Waals surface area (Å²) in [6.45, 7) is 17.7. The molecule has 0 atom stereocenters. The van der Waals surface area contributed by atoms with Crippen LogP contribution in [0.1, 0.15) is 272 Å². The van der Waals surface area contributed by atoms with Gasteiger partial charge in [0, 0.05) is 11.1 Å². The van der Waals surface area contributed by atoms with Crippen LogP contribution in [-0.2, 0) is 24.4 Å². The molecule has 0 spiro atoms. The molecule has 0 bridgehead atoms. The molecule has 0 radical (unpaired) electrons. The molecular formula is C50H95O5P. The summed E-state index contributed by atoms with van der Waals surface area (Å²) in [5, 5.41) is 11.2. The van der Waals surface area contributed by atoms with Gasteiger partial charge in [-0.3, -0.25) is 9.05 Å². The average molecular weight is 807 g/mol. The summed E-state index contributed by atoms with van der Waals surface area (Å²) in [5.41, 5.74) is 0.885. The smallest absolute Gasteiger partial charge is 0.507 e. The van der Waals surface area contributed by atoms with E-state index in [1.165, 1.54) is 180 Å². The van der Waals surface area contributed by atoms with E-state index in [1.54, 1.807) is 0 Å². The molecule has 1 aromatic rings. The second-order valence-electron chi connectivity index (χ2n) is 19.2. The van der Waals surface area contributed by atoms with Crippen LogP contribution < -0.4 is 4.52 Å². The zero-order valence-electron chi connectivity index (χ0n) is 38.7. The van der Waals surface area contributed by atoms with Crippen LogP contribution in [0.4, 0.5) is 0 Å². The molecular weight excluding hydrogens is 712 g/mol. The highest BCUT2D eigenvalue weighted by atomic mass is 31.2. The fraction of sp³-hybridized carbons (Fsp3) is 0.880. The molecule has 0 unspecified atom stereocenters. The number of phenolic OH excluding ortho intramolecular Hbond substituents is 1. The van der Waals surface area contributed by atoms with Crippen molar-refractivity contribution in [1.82, 2.24) is 0 Å². The number of hydrogen-bond acceptors (Lipinski definition) is 5. The van der Waals surface area contributed by atoms with Crippen LogP contribution in [0.2, 0.25) is 0 Å². The van der Waals surface area contributed by atoms with Gasteiger partial charge in [-0.15, -0.1) is 0 Å². The lowest BCUT2D eigenvalue weighted by Crippen LogP contribution is -2.17. The van der Waals surface area contributed by atoms with Gasteiger partial charge >= 0.3 is 7.82 Å². The first-order valence-electron chi connectivity index (χ1n) is 24.3. The number of phosphoric acid groups is 1. The van der Waals surface area contributed by atoms with Gasteiger partial charge in [0.05, 0.1) is 13.2 Å². The van der Waals surface area contributed by atoms with Crippen molar-refractivity contribution >= 4 is 7.82 Å². The zero-order chi connectivity index (χ0) is 41.4. The molecule has 56 heavy (non-hydrogen) atoms. The Kier molecular flexibility index (Phi) is 31.0. The molecule has 0 saturated carbocycles. The Labute approximate surface area is 349 Å². The summed E-state index contributed by atoms with van der Waals surface area (Å²) in [6.07, 6.45) is 41.8. The Hall–Kier alpha value is -1.03. The molecule has 0 aliphatic rings. The van der Waals surface area contributed by atoms with Crippen LogP contribution in [0.3, 0.4) is 0 Å². The van der Waals surface area contributed by atoms with E-state index in [0.29, 0.717) is 19.0 Å². The maximum atomic E-state index is 14.2. The normalized spacial score (nSPS) is 12.5. The fourth-order valence-electron chi connectivity index (χ4n) is 7.68. The summed E-state index contributed by atoms with van der Waals surface area (Å²) < 4.78 is 32.4. The molecule has 1 N–H and O–H groups in total. The van der Waals surface area contributed by atoms with E-state index in [4.69, 9.17) is 13.6 Å². The minimum atomic E-state index is -3.86. The Morgan fingerprint density at radius 2 is 0.661 bits per heavy atom. The topological polar surface area (TPSA) is 65.0 Å². The summed E-state index contributed by atoms with van der Waals surface area (Å²) in [5.74, 6) is 0.704. The monoisotopic (exact) mass is 807 g/mol. The predicted molar refractivity (Wildman–Crippen MR) is 245 cm³/mol. The van der Waals surface area contributed by atoms with Crippen molar-refractivity contribution in [3.63, 3.8) is 0 Å². The maximum Gasteiger partial charge on any atom is 0.530 e. The molecule has 0 aromatic heterocycles. The minimum absolute atomic E-state index is 0.273. The quantitative estimate of drug-likeness (QED) is 0.0533. The van der Waals surface area contributed by atoms with E-state index in [-0.39, 0.29) is 16.6 Å². The van der Waals surface area contributed by atoms with Crippen molar-refractivity contribution in [2.45, 2.75) is 272 Å². The third-order valence-electron chi connectivity index (χ3n) is 11.4. The third-order valence-corrected chi connectivity index (χ3v) is 12.8. The summed E-state index contributed by atoms with van der Waals surface area (Å²) >= 11 is 0. The minimum Gasteiger partial charge on any atom is -0.507 e. The van der Waals surface area contributed by atoms with Crippen molar-refractivity contribution in [3.05, 3.63) is 23.3 Å². The predicted octanol–water partition coefficient (Wildman–Crippen LogP) is 18.0. The lowest BCUT2D eigenvalue weighted by molar-refractivity contribution is 0.150. The largest absolute Gasteiger partial charge is 0.530 e. The zero-order valence-corrected chi connectivity index (χ0v) is 39.6. The molecule has 0 saturated heterocycles. The van der Waals surface area contributed by atoms with Crippen molar-refractivity contribution in [2.24, 2.45) is 0 Å². The number of unbranched alkanes of at least 4 members (excludes halogenated alkanes) is 30. The Balaban J connectivity index is 2.49. The van der Waals surface area contributed by atoms with Crippen LogP contribution in [0, 0.1) is 0 Å². The number of rotatable bonds is 38. The first-order valence-corrected chi connectivity index (χ1v) is 25.8. The summed E-state index contributed by atoms with van der Waals surface area (Å²) in [7, 11) is -3.86. The lowest BCUT2D eigenvalue weighted by Gasteiger charge is -2.28. The van der Waals surface area contributed by atoms with Crippen LogP contribution in [-0.4, -0.2) is 18.3 Å². The second-order valence-corrected chi connectivity index (χ2v) is 20.8. The molecule has 5 nitrogen and oxygen atoms in total. The summed E-state index contributed by atoms with van der Waals surface area (Å²) in [6, 6.07) is 3.63. The number of benzene rings is 1. The van der Waals surface area contributed by atoms with E-state index in [9.17, 15) is 9.67 Å². The van der Waals surface area contributed by atoms with Crippen LogP contribution in [0.25, 0.3) is 0 Å². The van der Waals surface area contributed by atoms with Crippen LogP contribution >= 0.6 is 7.82 Å². The van der Waals surface area contributed by atoms with Gasteiger partial charge in [0.2, 0.25) is 0 Å². The molecule has 0 aliphatic heterocycles. The Morgan fingerprint density at radius 1 is 0.429 bits per heavy atom. The number of hydrogen-bond donors (Lipinski definition) is 1. The number of phosphoric ester groups is 1. The second kappa shape index (κ2) is 32.8. The van der Waals surface area contributed by atoms with Gasteiger partial charge in [-0.1, -0.05) is 248 Å². The maximum absolute atomic E-state index is 14.2. The molecule has 0 amide bonds. The van der Waals surface area contributed by atoms with E-state index in [2.05, 4.69) is 55.4 Å². The molecule has 1 rings (SSSR count). The van der Waals surface area contributed by atoms with E-state index < -0.39 is 7.82 Å². The molecule has 6 heteroatoms. The third kappa shape index (κ3) is 27.6.